The van der Waals surface area contributed by atoms with E-state index in [4.69, 9.17) is 10.5 Å². The normalized spacial score (nSPS) is 12.4. The first-order valence-electron chi connectivity index (χ1n) is 6.23. The summed E-state index contributed by atoms with van der Waals surface area (Å²) >= 11 is 1.43. The Labute approximate surface area is 120 Å². The van der Waals surface area contributed by atoms with Crippen LogP contribution in [0, 0.1) is 18.6 Å². The van der Waals surface area contributed by atoms with Crippen LogP contribution >= 0.6 is 11.3 Å². The second kappa shape index (κ2) is 6.28. The van der Waals surface area contributed by atoms with Gasteiger partial charge in [-0.05, 0) is 38.0 Å². The Morgan fingerprint density at radius 2 is 2.00 bits per heavy atom. The highest BCUT2D eigenvalue weighted by atomic mass is 32.1. The summed E-state index contributed by atoms with van der Waals surface area (Å²) in [6.45, 7) is 3.75. The maximum absolute atomic E-state index is 13.9. The van der Waals surface area contributed by atoms with Gasteiger partial charge in [0.05, 0.1) is 9.88 Å². The highest BCUT2D eigenvalue weighted by Crippen LogP contribution is 2.25. The molecule has 0 amide bonds. The Hall–Kier alpha value is -1.53. The molecule has 1 atom stereocenters. The topological polar surface area (TPSA) is 48.1 Å². The van der Waals surface area contributed by atoms with E-state index in [0.29, 0.717) is 12.0 Å². The molecule has 6 heteroatoms. The van der Waals surface area contributed by atoms with Crippen molar-refractivity contribution in [3.8, 4) is 5.75 Å². The van der Waals surface area contributed by atoms with E-state index in [9.17, 15) is 8.78 Å². The Morgan fingerprint density at radius 3 is 2.50 bits per heavy atom. The fourth-order valence-electron chi connectivity index (χ4n) is 1.86. The minimum atomic E-state index is -0.707. The monoisotopic (exact) mass is 298 g/mol. The lowest BCUT2D eigenvalue weighted by atomic mass is 10.1. The zero-order valence-electron chi connectivity index (χ0n) is 11.3. The van der Waals surface area contributed by atoms with Crippen molar-refractivity contribution >= 4 is 11.3 Å². The quantitative estimate of drug-likeness (QED) is 0.922. The average molecular weight is 298 g/mol. The summed E-state index contributed by atoms with van der Waals surface area (Å²) in [6.07, 6.45) is 2.06. The third-order valence-electron chi connectivity index (χ3n) is 2.64. The van der Waals surface area contributed by atoms with Crippen molar-refractivity contribution in [1.82, 2.24) is 4.98 Å². The number of aromatic nitrogens is 1. The predicted octanol–water partition coefficient (Wildman–Crippen LogP) is 3.20. The molecule has 0 radical (unpaired) electrons. The first kappa shape index (κ1) is 14.9. The van der Waals surface area contributed by atoms with Crippen molar-refractivity contribution in [1.29, 1.82) is 0 Å². The van der Waals surface area contributed by atoms with E-state index < -0.39 is 11.6 Å². The number of nitrogens with zero attached hydrogens (tertiary/aromatic N) is 1. The van der Waals surface area contributed by atoms with Gasteiger partial charge in [-0.2, -0.15) is 0 Å². The standard InChI is InChI=1S/C14H16F2N2OS/c1-8(17)3-10-4-12(15)14(13(16)5-10)19-7-11-6-18-9(2)20-11/h4-6,8H,3,7,17H2,1-2H3. The van der Waals surface area contributed by atoms with Crippen molar-refractivity contribution in [3.05, 3.63) is 45.4 Å². The van der Waals surface area contributed by atoms with Crippen LogP contribution in [0.2, 0.25) is 0 Å². The number of thiazole rings is 1. The molecule has 2 N–H and O–H groups in total. The van der Waals surface area contributed by atoms with Gasteiger partial charge in [-0.1, -0.05) is 0 Å². The molecule has 108 valence electrons. The molecule has 2 rings (SSSR count). The fourth-order valence-corrected chi connectivity index (χ4v) is 2.56. The van der Waals surface area contributed by atoms with Crippen molar-refractivity contribution < 1.29 is 13.5 Å². The van der Waals surface area contributed by atoms with Crippen LogP contribution < -0.4 is 10.5 Å². The van der Waals surface area contributed by atoms with Crippen LogP contribution in [0.5, 0.6) is 5.75 Å². The van der Waals surface area contributed by atoms with Gasteiger partial charge in [0.15, 0.2) is 17.4 Å². The van der Waals surface area contributed by atoms with E-state index in [1.165, 1.54) is 23.5 Å². The number of hydrogen-bond acceptors (Lipinski definition) is 4. The molecular weight excluding hydrogens is 282 g/mol. The summed E-state index contributed by atoms with van der Waals surface area (Å²) in [6, 6.07) is 2.38. The van der Waals surface area contributed by atoms with Crippen LogP contribution in [0.1, 0.15) is 22.4 Å². The fraction of sp³-hybridized carbons (Fsp3) is 0.357. The molecule has 1 aromatic heterocycles. The number of rotatable bonds is 5. The van der Waals surface area contributed by atoms with E-state index in [0.717, 1.165) is 9.88 Å². The van der Waals surface area contributed by atoms with E-state index >= 15 is 0 Å². The van der Waals surface area contributed by atoms with Crippen LogP contribution in [0.4, 0.5) is 8.78 Å². The van der Waals surface area contributed by atoms with E-state index in [-0.39, 0.29) is 18.4 Å². The summed E-state index contributed by atoms with van der Waals surface area (Å²) in [5.74, 6) is -1.77. The molecule has 0 aliphatic rings. The second-order valence-corrected chi connectivity index (χ2v) is 6.02. The van der Waals surface area contributed by atoms with E-state index in [2.05, 4.69) is 4.98 Å². The summed E-state index contributed by atoms with van der Waals surface area (Å²) in [7, 11) is 0. The van der Waals surface area contributed by atoms with Crippen molar-refractivity contribution in [3.63, 3.8) is 0 Å². The molecule has 0 aliphatic carbocycles. The minimum Gasteiger partial charge on any atom is -0.482 e. The number of halogens is 2. The molecule has 3 nitrogen and oxygen atoms in total. The van der Waals surface area contributed by atoms with E-state index in [1.807, 2.05) is 6.92 Å². The molecule has 0 saturated heterocycles. The molecule has 0 fully saturated rings. The van der Waals surface area contributed by atoms with Crippen LogP contribution in [-0.2, 0) is 13.0 Å². The highest BCUT2D eigenvalue weighted by molar-refractivity contribution is 7.11. The Morgan fingerprint density at radius 1 is 1.35 bits per heavy atom. The van der Waals surface area contributed by atoms with E-state index in [1.54, 1.807) is 13.1 Å². The maximum Gasteiger partial charge on any atom is 0.191 e. The maximum atomic E-state index is 13.9. The van der Waals surface area contributed by atoms with Crippen LogP contribution in [0.3, 0.4) is 0 Å². The summed E-state index contributed by atoms with van der Waals surface area (Å²) in [5.41, 5.74) is 6.14. The Balaban J connectivity index is 2.11. The van der Waals surface area contributed by atoms with Crippen LogP contribution in [0.15, 0.2) is 18.3 Å². The van der Waals surface area contributed by atoms with Gasteiger partial charge >= 0.3 is 0 Å². The number of ether oxygens (including phenoxy) is 1. The van der Waals surface area contributed by atoms with Gasteiger partial charge in [-0.15, -0.1) is 11.3 Å². The molecule has 0 aliphatic heterocycles. The molecule has 0 saturated carbocycles. The van der Waals surface area contributed by atoms with Gasteiger partial charge in [0.25, 0.3) is 0 Å². The molecule has 0 spiro atoms. The number of hydrogen-bond donors (Lipinski definition) is 1. The van der Waals surface area contributed by atoms with Crippen molar-refractivity contribution in [2.75, 3.05) is 0 Å². The lowest BCUT2D eigenvalue weighted by Crippen LogP contribution is -2.18. The highest BCUT2D eigenvalue weighted by Gasteiger charge is 2.14. The molecule has 1 aromatic carbocycles. The summed E-state index contributed by atoms with van der Waals surface area (Å²) in [4.78, 5) is 4.88. The van der Waals surface area contributed by atoms with Gasteiger partial charge in [-0.25, -0.2) is 13.8 Å². The van der Waals surface area contributed by atoms with Gasteiger partial charge in [0, 0.05) is 12.2 Å². The Bertz CT molecular complexity index is 576. The third kappa shape index (κ3) is 3.74. The summed E-state index contributed by atoms with van der Waals surface area (Å²) in [5, 5.41) is 0.886. The minimum absolute atomic E-state index is 0.103. The predicted molar refractivity (Wildman–Crippen MR) is 74.9 cm³/mol. The summed E-state index contributed by atoms with van der Waals surface area (Å²) < 4.78 is 32.9. The first-order chi connectivity index (χ1) is 9.45. The van der Waals surface area contributed by atoms with Gasteiger partial charge < -0.3 is 10.5 Å². The first-order valence-corrected chi connectivity index (χ1v) is 7.05. The zero-order valence-corrected chi connectivity index (χ0v) is 12.1. The second-order valence-electron chi connectivity index (χ2n) is 4.70. The number of nitrogens with two attached hydrogens (primary N) is 1. The van der Waals surface area contributed by atoms with Gasteiger partial charge in [-0.3, -0.25) is 0 Å². The van der Waals surface area contributed by atoms with Crippen LogP contribution in [-0.4, -0.2) is 11.0 Å². The third-order valence-corrected chi connectivity index (χ3v) is 3.53. The smallest absolute Gasteiger partial charge is 0.191 e. The number of aryl methyl sites for hydroxylation is 1. The lowest BCUT2D eigenvalue weighted by molar-refractivity contribution is 0.276. The van der Waals surface area contributed by atoms with Crippen LogP contribution in [0.25, 0.3) is 0 Å². The average Bonchev–Trinajstić information content (AvgIpc) is 2.73. The van der Waals surface area contributed by atoms with Gasteiger partial charge in [0.1, 0.15) is 6.61 Å². The Kier molecular flexibility index (Phi) is 4.67. The molecule has 0 bridgehead atoms. The van der Waals surface area contributed by atoms with Crippen molar-refractivity contribution in [2.24, 2.45) is 5.73 Å². The van der Waals surface area contributed by atoms with Gasteiger partial charge in [0.2, 0.25) is 0 Å². The zero-order chi connectivity index (χ0) is 14.7. The molecule has 2 aromatic rings. The SMILES string of the molecule is Cc1ncc(COc2c(F)cc(CC(C)N)cc2F)s1. The largest absolute Gasteiger partial charge is 0.482 e. The molecular formula is C14H16F2N2OS. The molecule has 1 unspecified atom stereocenters. The molecule has 1 heterocycles. The lowest BCUT2D eigenvalue weighted by Gasteiger charge is -2.10. The van der Waals surface area contributed by atoms with Crippen molar-refractivity contribution in [2.45, 2.75) is 32.9 Å². The number of benzene rings is 1. The molecule has 20 heavy (non-hydrogen) atoms.